The lowest BCUT2D eigenvalue weighted by atomic mass is 10.2. The van der Waals surface area contributed by atoms with Crippen LogP contribution in [0, 0.1) is 13.8 Å². The SMILES string of the molecule is Cc1nn(CCCNC(=O)c2cc(S(=O)(=O)N3CCCCC3)c(Cl)cc2Cl)c(C)c1Cl. The van der Waals surface area contributed by atoms with Crippen LogP contribution in [-0.4, -0.2) is 48.0 Å². The maximum absolute atomic E-state index is 13.0. The fourth-order valence-corrected chi connectivity index (χ4v) is 6.05. The van der Waals surface area contributed by atoms with E-state index in [1.807, 2.05) is 13.8 Å². The predicted octanol–water partition coefficient (Wildman–Crippen LogP) is 4.45. The molecule has 1 N–H and O–H groups in total. The van der Waals surface area contributed by atoms with Gasteiger partial charge >= 0.3 is 0 Å². The Morgan fingerprint density at radius 2 is 1.77 bits per heavy atom. The number of hydrogen-bond acceptors (Lipinski definition) is 4. The molecule has 1 aliphatic rings. The van der Waals surface area contributed by atoms with Gasteiger partial charge in [-0.2, -0.15) is 9.40 Å². The summed E-state index contributed by atoms with van der Waals surface area (Å²) in [5.41, 5.74) is 1.72. The standard InChI is InChI=1S/C20H25Cl3N4O3S/c1-13-19(23)14(2)27(25-13)10-6-7-24-20(28)15-11-18(17(22)12-16(15)21)31(29,30)26-8-4-3-5-9-26/h11-12H,3-10H2,1-2H3,(H,24,28). The molecular weight excluding hydrogens is 483 g/mol. The molecule has 0 spiro atoms. The van der Waals surface area contributed by atoms with E-state index in [1.165, 1.54) is 16.4 Å². The number of hydrogen-bond donors (Lipinski definition) is 1. The van der Waals surface area contributed by atoms with Crippen molar-refractivity contribution in [2.45, 2.75) is 51.0 Å². The third kappa shape index (κ3) is 5.37. The second kappa shape index (κ2) is 10.1. The van der Waals surface area contributed by atoms with Crippen molar-refractivity contribution in [2.75, 3.05) is 19.6 Å². The average molecular weight is 508 g/mol. The molecule has 3 rings (SSSR count). The molecule has 7 nitrogen and oxygen atoms in total. The molecule has 0 saturated carbocycles. The highest BCUT2D eigenvalue weighted by Gasteiger charge is 2.29. The minimum absolute atomic E-state index is 0.00790. The van der Waals surface area contributed by atoms with E-state index < -0.39 is 15.9 Å². The monoisotopic (exact) mass is 506 g/mol. The number of benzene rings is 1. The zero-order valence-corrected chi connectivity index (χ0v) is 20.5. The number of nitrogens with zero attached hydrogens (tertiary/aromatic N) is 3. The van der Waals surface area contributed by atoms with E-state index in [0.717, 1.165) is 30.7 Å². The molecule has 0 radical (unpaired) electrons. The molecule has 0 atom stereocenters. The van der Waals surface area contributed by atoms with E-state index in [9.17, 15) is 13.2 Å². The number of aryl methyl sites for hydroxylation is 2. The van der Waals surface area contributed by atoms with Crippen molar-refractivity contribution >= 4 is 50.7 Å². The molecule has 31 heavy (non-hydrogen) atoms. The molecule has 11 heteroatoms. The molecule has 1 aliphatic heterocycles. The van der Waals surface area contributed by atoms with E-state index in [0.29, 0.717) is 37.6 Å². The number of rotatable bonds is 7. The van der Waals surface area contributed by atoms with Crippen molar-refractivity contribution in [1.82, 2.24) is 19.4 Å². The Hall–Kier alpha value is -1.32. The van der Waals surface area contributed by atoms with Crippen molar-refractivity contribution in [3.63, 3.8) is 0 Å². The Balaban J connectivity index is 1.69. The van der Waals surface area contributed by atoms with E-state index >= 15 is 0 Å². The van der Waals surface area contributed by atoms with Crippen LogP contribution in [0.4, 0.5) is 0 Å². The lowest BCUT2D eigenvalue weighted by Crippen LogP contribution is -2.36. The van der Waals surface area contributed by atoms with Gasteiger partial charge in [-0.1, -0.05) is 41.2 Å². The second-order valence-electron chi connectivity index (χ2n) is 7.54. The van der Waals surface area contributed by atoms with Crippen molar-refractivity contribution in [1.29, 1.82) is 0 Å². The van der Waals surface area contributed by atoms with Crippen LogP contribution in [0.1, 0.15) is 47.4 Å². The smallest absolute Gasteiger partial charge is 0.252 e. The molecule has 1 saturated heterocycles. The van der Waals surface area contributed by atoms with Gasteiger partial charge in [-0.3, -0.25) is 9.48 Å². The van der Waals surface area contributed by atoms with Crippen molar-refractivity contribution < 1.29 is 13.2 Å². The normalized spacial score (nSPS) is 15.3. The van der Waals surface area contributed by atoms with E-state index in [2.05, 4.69) is 10.4 Å². The first-order valence-corrected chi connectivity index (χ1v) is 12.7. The fourth-order valence-electron chi connectivity index (χ4n) is 3.56. The van der Waals surface area contributed by atoms with E-state index in [1.54, 1.807) is 4.68 Å². The van der Waals surface area contributed by atoms with Gasteiger partial charge in [0.15, 0.2) is 0 Å². The first-order valence-electron chi connectivity index (χ1n) is 10.1. The summed E-state index contributed by atoms with van der Waals surface area (Å²) in [5.74, 6) is -0.455. The first-order chi connectivity index (χ1) is 14.6. The van der Waals surface area contributed by atoms with Crippen LogP contribution in [0.3, 0.4) is 0 Å². The molecule has 1 aromatic carbocycles. The summed E-state index contributed by atoms with van der Waals surface area (Å²) in [6, 6.07) is 2.58. The number of nitrogens with one attached hydrogen (secondary N) is 1. The van der Waals surface area contributed by atoms with Gasteiger partial charge in [0.25, 0.3) is 5.91 Å². The minimum atomic E-state index is -3.79. The quantitative estimate of drug-likeness (QED) is 0.561. The highest BCUT2D eigenvalue weighted by molar-refractivity contribution is 7.89. The maximum Gasteiger partial charge on any atom is 0.252 e. The third-order valence-corrected chi connectivity index (χ3v) is 8.55. The highest BCUT2D eigenvalue weighted by atomic mass is 35.5. The van der Waals surface area contributed by atoms with Crippen molar-refractivity contribution in [2.24, 2.45) is 0 Å². The van der Waals surface area contributed by atoms with Crippen LogP contribution in [0.25, 0.3) is 0 Å². The Morgan fingerprint density at radius 3 is 2.39 bits per heavy atom. The van der Waals surface area contributed by atoms with Gasteiger partial charge in [0.2, 0.25) is 10.0 Å². The Morgan fingerprint density at radius 1 is 1.10 bits per heavy atom. The molecule has 2 aromatic rings. The summed E-state index contributed by atoms with van der Waals surface area (Å²) in [6.45, 7) is 5.56. The second-order valence-corrected chi connectivity index (χ2v) is 10.6. The van der Waals surface area contributed by atoms with Crippen LogP contribution in [0.15, 0.2) is 17.0 Å². The van der Waals surface area contributed by atoms with Gasteiger partial charge in [-0.25, -0.2) is 8.42 Å². The number of halogens is 3. The molecule has 0 unspecified atom stereocenters. The molecule has 0 bridgehead atoms. The number of aromatic nitrogens is 2. The topological polar surface area (TPSA) is 84.3 Å². The Bertz CT molecular complexity index is 1080. The summed E-state index contributed by atoms with van der Waals surface area (Å²) < 4.78 is 29.2. The highest BCUT2D eigenvalue weighted by Crippen LogP contribution is 2.31. The van der Waals surface area contributed by atoms with Crippen molar-refractivity contribution in [3.05, 3.63) is 44.2 Å². The lowest BCUT2D eigenvalue weighted by Gasteiger charge is -2.26. The van der Waals surface area contributed by atoms with E-state index in [4.69, 9.17) is 34.8 Å². The van der Waals surface area contributed by atoms with Gasteiger partial charge in [-0.15, -0.1) is 0 Å². The van der Waals surface area contributed by atoms with Crippen LogP contribution in [-0.2, 0) is 16.6 Å². The summed E-state index contributed by atoms with van der Waals surface area (Å²) in [6.07, 6.45) is 3.22. The first kappa shape index (κ1) is 24.3. The van der Waals surface area contributed by atoms with Gasteiger partial charge in [0.05, 0.1) is 32.0 Å². The minimum Gasteiger partial charge on any atom is -0.352 e. The Labute approximate surface area is 197 Å². The Kier molecular flexibility index (Phi) is 7.91. The van der Waals surface area contributed by atoms with Gasteiger partial charge in [0, 0.05) is 26.2 Å². The van der Waals surface area contributed by atoms with Crippen LogP contribution in [0.5, 0.6) is 0 Å². The van der Waals surface area contributed by atoms with Crippen LogP contribution in [0.2, 0.25) is 15.1 Å². The zero-order chi connectivity index (χ0) is 22.8. The lowest BCUT2D eigenvalue weighted by molar-refractivity contribution is 0.0952. The average Bonchev–Trinajstić information content (AvgIpc) is 2.98. The molecule has 1 fully saturated rings. The summed E-state index contributed by atoms with van der Waals surface area (Å²) >= 11 is 18.5. The van der Waals surface area contributed by atoms with Gasteiger partial charge in [-0.05, 0) is 45.2 Å². The van der Waals surface area contributed by atoms with Gasteiger partial charge in [0.1, 0.15) is 4.90 Å². The number of sulfonamides is 1. The molecule has 0 aliphatic carbocycles. The maximum atomic E-state index is 13.0. The predicted molar refractivity (Wildman–Crippen MR) is 123 cm³/mol. The van der Waals surface area contributed by atoms with Gasteiger partial charge < -0.3 is 5.32 Å². The summed E-state index contributed by atoms with van der Waals surface area (Å²) in [5, 5.41) is 7.88. The number of piperidine rings is 1. The number of carbonyl (C=O) groups is 1. The summed E-state index contributed by atoms with van der Waals surface area (Å²) in [7, 11) is -3.79. The number of carbonyl (C=O) groups excluding carboxylic acids is 1. The molecule has 170 valence electrons. The van der Waals surface area contributed by atoms with E-state index in [-0.39, 0.29) is 20.5 Å². The molecular formula is C20H25Cl3N4O3S. The largest absolute Gasteiger partial charge is 0.352 e. The van der Waals surface area contributed by atoms with Crippen LogP contribution < -0.4 is 5.32 Å². The number of amides is 1. The fraction of sp³-hybridized carbons (Fsp3) is 0.500. The zero-order valence-electron chi connectivity index (χ0n) is 17.4. The molecule has 2 heterocycles. The van der Waals surface area contributed by atoms with Crippen LogP contribution >= 0.6 is 34.8 Å². The molecule has 1 amide bonds. The third-order valence-electron chi connectivity index (χ3n) is 5.32. The summed E-state index contributed by atoms with van der Waals surface area (Å²) in [4.78, 5) is 12.6. The molecule has 1 aromatic heterocycles. The van der Waals surface area contributed by atoms with Crippen molar-refractivity contribution in [3.8, 4) is 0 Å².